The number of nitrogens with zero attached hydrogens (tertiary/aromatic N) is 2. The molecule has 0 radical (unpaired) electrons. The summed E-state index contributed by atoms with van der Waals surface area (Å²) in [5, 5.41) is 7.18. The molecule has 2 saturated heterocycles. The molecule has 0 amide bonds. The summed E-state index contributed by atoms with van der Waals surface area (Å²) in [6, 6.07) is 6.32. The molecule has 2 aliphatic rings. The number of piperidine rings is 2. The van der Waals surface area contributed by atoms with Crippen LogP contribution in [0, 0.1) is 0 Å². The van der Waals surface area contributed by atoms with E-state index in [9.17, 15) is 0 Å². The minimum atomic E-state index is 0. The van der Waals surface area contributed by atoms with Crippen LogP contribution < -0.4 is 10.6 Å². The maximum absolute atomic E-state index is 5.39. The van der Waals surface area contributed by atoms with Gasteiger partial charge in [-0.1, -0.05) is 6.42 Å². The number of nitrogens with one attached hydrogen (secondary N) is 2. The van der Waals surface area contributed by atoms with E-state index in [-0.39, 0.29) is 24.0 Å². The lowest BCUT2D eigenvalue weighted by Gasteiger charge is -2.47. The minimum Gasteiger partial charge on any atom is -0.469 e. The second-order valence-corrected chi connectivity index (χ2v) is 7.58. The summed E-state index contributed by atoms with van der Waals surface area (Å²) in [6.07, 6.45) is 9.09. The molecule has 5 nitrogen and oxygen atoms in total. The second kappa shape index (κ2) is 9.80. The van der Waals surface area contributed by atoms with Crippen LogP contribution in [0.1, 0.15) is 51.7 Å². The third-order valence-electron chi connectivity index (χ3n) is 5.31. The Morgan fingerprint density at radius 2 is 2.04 bits per heavy atom. The molecule has 0 spiro atoms. The summed E-state index contributed by atoms with van der Waals surface area (Å²) in [5.74, 6) is 1.95. The molecular weight excluding hydrogens is 427 g/mol. The van der Waals surface area contributed by atoms with Gasteiger partial charge in [0.2, 0.25) is 0 Å². The van der Waals surface area contributed by atoms with Crippen LogP contribution in [0.15, 0.2) is 27.8 Å². The van der Waals surface area contributed by atoms with Gasteiger partial charge in [0.15, 0.2) is 5.96 Å². The van der Waals surface area contributed by atoms with Crippen molar-refractivity contribution < 1.29 is 4.42 Å². The third-order valence-corrected chi connectivity index (χ3v) is 5.31. The van der Waals surface area contributed by atoms with E-state index in [1.807, 2.05) is 12.1 Å². The Morgan fingerprint density at radius 3 is 2.64 bits per heavy atom. The Bertz CT molecular complexity index is 518. The van der Waals surface area contributed by atoms with Gasteiger partial charge in [-0.2, -0.15) is 0 Å². The predicted octanol–water partition coefficient (Wildman–Crippen LogP) is 3.40. The minimum absolute atomic E-state index is 0. The van der Waals surface area contributed by atoms with Gasteiger partial charge in [-0.25, -0.2) is 0 Å². The Kier molecular flexibility index (Phi) is 8.06. The van der Waals surface area contributed by atoms with Crippen LogP contribution in [0.2, 0.25) is 0 Å². The molecule has 6 heteroatoms. The highest BCUT2D eigenvalue weighted by atomic mass is 127. The number of hydrogen-bond acceptors (Lipinski definition) is 3. The third kappa shape index (κ3) is 5.88. The molecule has 1 aromatic rings. The Hall–Kier alpha value is -0.760. The molecule has 3 heterocycles. The van der Waals surface area contributed by atoms with E-state index >= 15 is 0 Å². The number of halogens is 1. The summed E-state index contributed by atoms with van der Waals surface area (Å²) < 4.78 is 5.39. The summed E-state index contributed by atoms with van der Waals surface area (Å²) in [5.41, 5.74) is 0. The summed E-state index contributed by atoms with van der Waals surface area (Å²) in [6.45, 7) is 5.06. The normalized spacial score (nSPS) is 27.0. The van der Waals surface area contributed by atoms with Gasteiger partial charge in [0.25, 0.3) is 0 Å². The summed E-state index contributed by atoms with van der Waals surface area (Å²) in [7, 11) is 2.30. The average Bonchev–Trinajstić information content (AvgIpc) is 3.01. The molecule has 0 saturated carbocycles. The van der Waals surface area contributed by atoms with Gasteiger partial charge in [0.05, 0.1) is 6.26 Å². The van der Waals surface area contributed by atoms with Crippen molar-refractivity contribution in [3.8, 4) is 0 Å². The van der Waals surface area contributed by atoms with Gasteiger partial charge < -0.3 is 20.0 Å². The van der Waals surface area contributed by atoms with Gasteiger partial charge in [0.1, 0.15) is 5.76 Å². The van der Waals surface area contributed by atoms with Gasteiger partial charge in [-0.05, 0) is 58.7 Å². The highest BCUT2D eigenvalue weighted by Crippen LogP contribution is 2.32. The van der Waals surface area contributed by atoms with Crippen LogP contribution in [0.25, 0.3) is 0 Å². The molecule has 142 valence electrons. The van der Waals surface area contributed by atoms with Crippen molar-refractivity contribution >= 4 is 29.9 Å². The Balaban J connectivity index is 0.00000225. The zero-order valence-electron chi connectivity index (χ0n) is 15.7. The maximum atomic E-state index is 5.39. The Labute approximate surface area is 169 Å². The smallest absolute Gasteiger partial charge is 0.191 e. The van der Waals surface area contributed by atoms with Crippen molar-refractivity contribution in [2.45, 2.75) is 76.5 Å². The number of aliphatic imine (C=N–C) groups is 1. The fraction of sp³-hybridized carbons (Fsp3) is 0.737. The SMILES string of the molecule is CC(C)NC(=NCCc1ccco1)NC1CC2CCCC(C1)N2C.I. The number of guanidine groups is 1. The van der Waals surface area contributed by atoms with E-state index in [1.165, 1.54) is 32.1 Å². The average molecular weight is 460 g/mol. The van der Waals surface area contributed by atoms with E-state index in [0.29, 0.717) is 12.1 Å². The van der Waals surface area contributed by atoms with Crippen LogP contribution in [0.4, 0.5) is 0 Å². The molecule has 3 rings (SSSR count). The molecule has 2 N–H and O–H groups in total. The predicted molar refractivity (Wildman–Crippen MR) is 114 cm³/mol. The number of rotatable bonds is 5. The maximum Gasteiger partial charge on any atom is 0.191 e. The molecule has 2 unspecified atom stereocenters. The van der Waals surface area contributed by atoms with Crippen molar-refractivity contribution in [2.24, 2.45) is 4.99 Å². The number of hydrogen-bond donors (Lipinski definition) is 2. The van der Waals surface area contributed by atoms with Crippen molar-refractivity contribution in [1.29, 1.82) is 0 Å². The molecule has 25 heavy (non-hydrogen) atoms. The highest BCUT2D eigenvalue weighted by molar-refractivity contribution is 14.0. The van der Waals surface area contributed by atoms with Gasteiger partial charge in [0, 0.05) is 37.1 Å². The zero-order chi connectivity index (χ0) is 16.9. The lowest BCUT2D eigenvalue weighted by atomic mass is 9.82. The van der Waals surface area contributed by atoms with E-state index in [0.717, 1.165) is 36.8 Å². The molecule has 2 aliphatic heterocycles. The molecule has 1 aromatic heterocycles. The van der Waals surface area contributed by atoms with E-state index < -0.39 is 0 Å². The summed E-state index contributed by atoms with van der Waals surface area (Å²) >= 11 is 0. The fourth-order valence-corrected chi connectivity index (χ4v) is 4.07. The van der Waals surface area contributed by atoms with Gasteiger partial charge in [-0.15, -0.1) is 24.0 Å². The standard InChI is InChI=1S/C19H32N4O.HI/c1-14(2)21-19(20-10-9-18-8-5-11-24-18)22-15-12-16-6-4-7-17(13-15)23(16)3;/h5,8,11,14-17H,4,6-7,9-10,12-13H2,1-3H3,(H2,20,21,22);1H. The first-order valence-corrected chi connectivity index (χ1v) is 9.43. The van der Waals surface area contributed by atoms with Crippen molar-refractivity contribution in [2.75, 3.05) is 13.6 Å². The number of furan rings is 1. The van der Waals surface area contributed by atoms with Gasteiger partial charge >= 0.3 is 0 Å². The topological polar surface area (TPSA) is 52.8 Å². The van der Waals surface area contributed by atoms with Crippen LogP contribution in [0.5, 0.6) is 0 Å². The quantitative estimate of drug-likeness (QED) is 0.402. The first kappa shape index (κ1) is 20.6. The first-order chi connectivity index (χ1) is 11.6. The lowest BCUT2D eigenvalue weighted by molar-refractivity contribution is 0.0526. The monoisotopic (exact) mass is 460 g/mol. The Morgan fingerprint density at radius 1 is 1.32 bits per heavy atom. The van der Waals surface area contributed by atoms with Crippen LogP contribution in [-0.4, -0.2) is 48.6 Å². The first-order valence-electron chi connectivity index (χ1n) is 9.43. The fourth-order valence-electron chi connectivity index (χ4n) is 4.07. The number of fused-ring (bicyclic) bond motifs is 2. The van der Waals surface area contributed by atoms with Crippen molar-refractivity contribution in [3.05, 3.63) is 24.2 Å². The van der Waals surface area contributed by atoms with E-state index in [2.05, 4.69) is 36.4 Å². The molecule has 2 atom stereocenters. The molecule has 2 bridgehead atoms. The zero-order valence-corrected chi connectivity index (χ0v) is 18.0. The highest BCUT2D eigenvalue weighted by Gasteiger charge is 2.36. The largest absolute Gasteiger partial charge is 0.469 e. The summed E-state index contributed by atoms with van der Waals surface area (Å²) in [4.78, 5) is 7.37. The van der Waals surface area contributed by atoms with Crippen LogP contribution in [-0.2, 0) is 6.42 Å². The van der Waals surface area contributed by atoms with Crippen LogP contribution in [0.3, 0.4) is 0 Å². The molecule has 0 aliphatic carbocycles. The second-order valence-electron chi connectivity index (χ2n) is 7.58. The molecule has 2 fully saturated rings. The molecular formula is C19H33IN4O. The van der Waals surface area contributed by atoms with Crippen LogP contribution >= 0.6 is 24.0 Å². The van der Waals surface area contributed by atoms with Crippen molar-refractivity contribution in [3.63, 3.8) is 0 Å². The van der Waals surface area contributed by atoms with E-state index in [1.54, 1.807) is 6.26 Å². The molecule has 0 aromatic carbocycles. The van der Waals surface area contributed by atoms with Crippen molar-refractivity contribution in [1.82, 2.24) is 15.5 Å². The van der Waals surface area contributed by atoms with Gasteiger partial charge in [-0.3, -0.25) is 4.99 Å². The van der Waals surface area contributed by atoms with E-state index in [4.69, 9.17) is 9.41 Å². The lowest BCUT2D eigenvalue weighted by Crippen LogP contribution is -2.57.